The van der Waals surface area contributed by atoms with Crippen molar-refractivity contribution < 1.29 is 9.53 Å². The van der Waals surface area contributed by atoms with Gasteiger partial charge in [0.05, 0.1) is 16.3 Å². The van der Waals surface area contributed by atoms with E-state index in [2.05, 4.69) is 11.0 Å². The lowest BCUT2D eigenvalue weighted by Gasteiger charge is -2.37. The average molecular weight is 419 g/mol. The molecule has 1 saturated heterocycles. The maximum atomic E-state index is 12.7. The van der Waals surface area contributed by atoms with Crippen molar-refractivity contribution in [2.75, 3.05) is 36.8 Å². The number of anilines is 2. The first-order chi connectivity index (χ1) is 13.4. The van der Waals surface area contributed by atoms with Crippen LogP contribution in [0.3, 0.4) is 0 Å². The van der Waals surface area contributed by atoms with Gasteiger partial charge >= 0.3 is 0 Å². The Morgan fingerprint density at radius 1 is 1.18 bits per heavy atom. The number of nitrogen functional groups attached to an aromatic ring is 1. The van der Waals surface area contributed by atoms with Crippen molar-refractivity contribution in [3.63, 3.8) is 0 Å². The van der Waals surface area contributed by atoms with Gasteiger partial charge in [-0.15, -0.1) is 0 Å². The number of hydrogen-bond acceptors (Lipinski definition) is 5. The molecule has 1 heterocycles. The van der Waals surface area contributed by atoms with Crippen LogP contribution in [0.15, 0.2) is 36.4 Å². The van der Waals surface area contributed by atoms with Crippen LogP contribution in [0.4, 0.5) is 11.4 Å². The summed E-state index contributed by atoms with van der Waals surface area (Å²) in [6.07, 6.45) is -0.670. The molecule has 1 aliphatic rings. The minimum Gasteiger partial charge on any atom is -0.479 e. The summed E-state index contributed by atoms with van der Waals surface area (Å²) in [5.41, 5.74) is 7.68. The first kappa shape index (κ1) is 20.1. The normalized spacial score (nSPS) is 15.1. The summed E-state index contributed by atoms with van der Waals surface area (Å²) in [7, 11) is 0. The number of halogens is 2. The third-order valence-electron chi connectivity index (χ3n) is 4.62. The second kappa shape index (κ2) is 8.59. The van der Waals surface area contributed by atoms with Crippen molar-refractivity contribution in [1.29, 1.82) is 5.26 Å². The number of ether oxygens (including phenoxy) is 1. The minimum atomic E-state index is -0.670. The molecule has 3 rings (SSSR count). The highest BCUT2D eigenvalue weighted by Crippen LogP contribution is 2.29. The van der Waals surface area contributed by atoms with E-state index in [1.165, 1.54) is 0 Å². The van der Waals surface area contributed by atoms with Gasteiger partial charge in [-0.2, -0.15) is 5.26 Å². The molecule has 2 aromatic carbocycles. The molecule has 0 unspecified atom stereocenters. The van der Waals surface area contributed by atoms with E-state index in [0.29, 0.717) is 53.2 Å². The van der Waals surface area contributed by atoms with Crippen molar-refractivity contribution in [1.82, 2.24) is 4.90 Å². The van der Waals surface area contributed by atoms with Crippen LogP contribution in [0, 0.1) is 11.3 Å². The summed E-state index contributed by atoms with van der Waals surface area (Å²) in [5.74, 6) is 0.314. The van der Waals surface area contributed by atoms with Gasteiger partial charge in [-0.25, -0.2) is 0 Å². The Morgan fingerprint density at radius 3 is 2.54 bits per heavy atom. The van der Waals surface area contributed by atoms with Gasteiger partial charge in [-0.05, 0) is 43.3 Å². The van der Waals surface area contributed by atoms with Gasteiger partial charge in [0.2, 0.25) is 0 Å². The molecule has 0 bridgehead atoms. The number of benzene rings is 2. The molecular formula is C20H20Cl2N4O2. The average Bonchev–Trinajstić information content (AvgIpc) is 2.69. The molecule has 1 aliphatic heterocycles. The van der Waals surface area contributed by atoms with Crippen LogP contribution in [0.2, 0.25) is 10.0 Å². The standard InChI is InChI=1S/C20H20Cl2N4O2/c1-13(28-19-5-2-15(21)11-17(19)22)20(27)26-8-6-25(7-9-26)18-4-3-16(24)10-14(18)12-23/h2-5,10-11,13H,6-9,24H2,1H3/t13-/m0/s1. The monoisotopic (exact) mass is 418 g/mol. The second-order valence-electron chi connectivity index (χ2n) is 6.54. The SMILES string of the molecule is C[C@H](Oc1ccc(Cl)cc1Cl)C(=O)N1CCN(c2ccc(N)cc2C#N)CC1. The van der Waals surface area contributed by atoms with Crippen LogP contribution >= 0.6 is 23.2 Å². The van der Waals surface area contributed by atoms with Gasteiger partial charge < -0.3 is 20.3 Å². The van der Waals surface area contributed by atoms with Crippen LogP contribution in [0.1, 0.15) is 12.5 Å². The summed E-state index contributed by atoms with van der Waals surface area (Å²) >= 11 is 12.0. The Hall–Kier alpha value is -2.62. The maximum Gasteiger partial charge on any atom is 0.263 e. The number of rotatable bonds is 4. The van der Waals surface area contributed by atoms with Crippen molar-refractivity contribution in [2.24, 2.45) is 0 Å². The third kappa shape index (κ3) is 4.44. The molecule has 1 atom stereocenters. The predicted molar refractivity (Wildman–Crippen MR) is 111 cm³/mol. The molecule has 0 saturated carbocycles. The summed E-state index contributed by atoms with van der Waals surface area (Å²) in [6.45, 7) is 4.02. The number of hydrogen-bond donors (Lipinski definition) is 1. The summed E-state index contributed by atoms with van der Waals surface area (Å²) < 4.78 is 5.72. The van der Waals surface area contributed by atoms with Crippen molar-refractivity contribution in [2.45, 2.75) is 13.0 Å². The van der Waals surface area contributed by atoms with Crippen molar-refractivity contribution in [3.8, 4) is 11.8 Å². The quantitative estimate of drug-likeness (QED) is 0.767. The van der Waals surface area contributed by atoms with Gasteiger partial charge in [0.15, 0.2) is 6.10 Å². The Balaban J connectivity index is 1.61. The van der Waals surface area contributed by atoms with E-state index in [-0.39, 0.29) is 5.91 Å². The largest absolute Gasteiger partial charge is 0.479 e. The van der Waals surface area contributed by atoms with Gasteiger partial charge in [-0.3, -0.25) is 4.79 Å². The fraction of sp³-hybridized carbons (Fsp3) is 0.300. The molecule has 146 valence electrons. The van der Waals surface area contributed by atoms with E-state index >= 15 is 0 Å². The van der Waals surface area contributed by atoms with Crippen LogP contribution in [0.5, 0.6) is 5.75 Å². The first-order valence-corrected chi connectivity index (χ1v) is 9.59. The lowest BCUT2D eigenvalue weighted by Crippen LogP contribution is -2.52. The number of piperazine rings is 1. The fourth-order valence-corrected chi connectivity index (χ4v) is 3.61. The Morgan fingerprint density at radius 2 is 1.89 bits per heavy atom. The van der Waals surface area contributed by atoms with Crippen molar-refractivity contribution in [3.05, 3.63) is 52.0 Å². The highest BCUT2D eigenvalue weighted by atomic mass is 35.5. The lowest BCUT2D eigenvalue weighted by atomic mass is 10.1. The highest BCUT2D eigenvalue weighted by Gasteiger charge is 2.27. The Kier molecular flexibility index (Phi) is 6.18. The minimum absolute atomic E-state index is 0.108. The van der Waals surface area contributed by atoms with E-state index in [1.807, 2.05) is 6.07 Å². The molecule has 8 heteroatoms. The molecular weight excluding hydrogens is 399 g/mol. The molecule has 0 aliphatic carbocycles. The zero-order valence-electron chi connectivity index (χ0n) is 15.4. The Labute approximate surface area is 174 Å². The van der Waals surface area contributed by atoms with Crippen LogP contribution in [-0.2, 0) is 4.79 Å². The smallest absolute Gasteiger partial charge is 0.263 e. The van der Waals surface area contributed by atoms with Crippen LogP contribution < -0.4 is 15.4 Å². The number of nitriles is 1. The topological polar surface area (TPSA) is 82.6 Å². The Bertz CT molecular complexity index is 921. The molecule has 2 N–H and O–H groups in total. The molecule has 28 heavy (non-hydrogen) atoms. The fourth-order valence-electron chi connectivity index (χ4n) is 3.16. The molecule has 0 spiro atoms. The van der Waals surface area contributed by atoms with Gasteiger partial charge in [-0.1, -0.05) is 23.2 Å². The number of carbonyl (C=O) groups excluding carboxylic acids is 1. The second-order valence-corrected chi connectivity index (χ2v) is 7.38. The van der Waals surface area contributed by atoms with Crippen LogP contribution in [0.25, 0.3) is 0 Å². The summed E-state index contributed by atoms with van der Waals surface area (Å²) in [6, 6.07) is 12.4. The first-order valence-electron chi connectivity index (χ1n) is 8.84. The highest BCUT2D eigenvalue weighted by molar-refractivity contribution is 6.35. The number of nitrogens with two attached hydrogens (primary N) is 1. The lowest BCUT2D eigenvalue weighted by molar-refractivity contribution is -0.138. The molecule has 1 amide bonds. The van der Waals surface area contributed by atoms with E-state index < -0.39 is 6.10 Å². The summed E-state index contributed by atoms with van der Waals surface area (Å²) in [4.78, 5) is 16.6. The summed E-state index contributed by atoms with van der Waals surface area (Å²) in [5, 5.41) is 10.2. The van der Waals surface area contributed by atoms with E-state index in [4.69, 9.17) is 33.7 Å². The molecule has 6 nitrogen and oxygen atoms in total. The maximum absolute atomic E-state index is 12.7. The molecule has 1 fully saturated rings. The molecule has 0 radical (unpaired) electrons. The van der Waals surface area contributed by atoms with Crippen molar-refractivity contribution >= 4 is 40.5 Å². The number of carbonyl (C=O) groups is 1. The number of amides is 1. The zero-order chi connectivity index (χ0) is 20.3. The van der Waals surface area contributed by atoms with Gasteiger partial charge in [0, 0.05) is 36.9 Å². The number of nitrogens with zero attached hydrogens (tertiary/aromatic N) is 3. The third-order valence-corrected chi connectivity index (χ3v) is 5.15. The van der Waals surface area contributed by atoms with E-state index in [9.17, 15) is 10.1 Å². The zero-order valence-corrected chi connectivity index (χ0v) is 16.9. The van der Waals surface area contributed by atoms with Gasteiger partial charge in [0.1, 0.15) is 11.8 Å². The molecule has 0 aromatic heterocycles. The van der Waals surface area contributed by atoms with E-state index in [1.54, 1.807) is 42.2 Å². The molecule has 2 aromatic rings. The van der Waals surface area contributed by atoms with Crippen LogP contribution in [-0.4, -0.2) is 43.1 Å². The van der Waals surface area contributed by atoms with Gasteiger partial charge in [0.25, 0.3) is 5.91 Å². The predicted octanol–water partition coefficient (Wildman–Crippen LogP) is 3.56. The van der Waals surface area contributed by atoms with E-state index in [0.717, 1.165) is 5.69 Å².